The number of hydrogen-bond donors (Lipinski definition) is 1. The van der Waals surface area contributed by atoms with Gasteiger partial charge >= 0.3 is 0 Å². The van der Waals surface area contributed by atoms with E-state index in [0.717, 1.165) is 35.6 Å². The summed E-state index contributed by atoms with van der Waals surface area (Å²) in [6.45, 7) is 3.74. The van der Waals surface area contributed by atoms with Gasteiger partial charge in [0.25, 0.3) is 0 Å². The van der Waals surface area contributed by atoms with Gasteiger partial charge < -0.3 is 10.6 Å². The second-order valence-corrected chi connectivity index (χ2v) is 4.96. The molecule has 2 N–H and O–H groups in total. The molecule has 6 heteroatoms. The number of hydrogen-bond acceptors (Lipinski definition) is 5. The van der Waals surface area contributed by atoms with Crippen molar-refractivity contribution in [2.45, 2.75) is 13.5 Å². The Morgan fingerprint density at radius 1 is 1.19 bits per heavy atom. The Balaban J connectivity index is 1.96. The van der Waals surface area contributed by atoms with Crippen molar-refractivity contribution in [2.75, 3.05) is 17.2 Å². The van der Waals surface area contributed by atoms with E-state index in [2.05, 4.69) is 26.9 Å². The Labute approximate surface area is 123 Å². The van der Waals surface area contributed by atoms with Crippen molar-refractivity contribution in [3.63, 3.8) is 0 Å². The summed E-state index contributed by atoms with van der Waals surface area (Å²) in [6, 6.07) is 7.92. The standard InChI is InChI=1S/C15H18N6/c1-3-21(9-11-4-6-12(16)7-5-11)15-13-8-19-20(2)14(13)17-10-18-15/h4-8,10H,3,9,16H2,1-2H3. The molecule has 108 valence electrons. The van der Waals surface area contributed by atoms with E-state index in [1.807, 2.05) is 37.5 Å². The van der Waals surface area contributed by atoms with Crippen LogP contribution >= 0.6 is 0 Å². The molecule has 21 heavy (non-hydrogen) atoms. The summed E-state index contributed by atoms with van der Waals surface area (Å²) in [6.07, 6.45) is 3.40. The first-order valence-corrected chi connectivity index (χ1v) is 6.91. The molecule has 0 aliphatic carbocycles. The van der Waals surface area contributed by atoms with Crippen molar-refractivity contribution in [1.29, 1.82) is 0 Å². The van der Waals surface area contributed by atoms with Crippen molar-refractivity contribution in [3.05, 3.63) is 42.4 Å². The Morgan fingerprint density at radius 3 is 2.67 bits per heavy atom. The average molecular weight is 282 g/mol. The Bertz CT molecular complexity index is 746. The van der Waals surface area contributed by atoms with Crippen LogP contribution in [0.5, 0.6) is 0 Å². The van der Waals surface area contributed by atoms with E-state index >= 15 is 0 Å². The lowest BCUT2D eigenvalue weighted by Gasteiger charge is -2.22. The summed E-state index contributed by atoms with van der Waals surface area (Å²) in [4.78, 5) is 10.9. The normalized spacial score (nSPS) is 11.0. The molecule has 0 spiro atoms. The van der Waals surface area contributed by atoms with E-state index in [0.29, 0.717) is 0 Å². The van der Waals surface area contributed by atoms with Crippen LogP contribution in [0.15, 0.2) is 36.8 Å². The maximum atomic E-state index is 5.73. The van der Waals surface area contributed by atoms with Gasteiger partial charge in [0.05, 0.1) is 11.6 Å². The fourth-order valence-electron chi connectivity index (χ4n) is 2.38. The van der Waals surface area contributed by atoms with Gasteiger partial charge in [-0.15, -0.1) is 0 Å². The number of benzene rings is 1. The second-order valence-electron chi connectivity index (χ2n) is 4.96. The van der Waals surface area contributed by atoms with Crippen LogP contribution in [0.2, 0.25) is 0 Å². The summed E-state index contributed by atoms with van der Waals surface area (Å²) in [5, 5.41) is 5.23. The molecule has 0 saturated carbocycles. The molecular weight excluding hydrogens is 264 g/mol. The van der Waals surface area contributed by atoms with Crippen LogP contribution in [0, 0.1) is 0 Å². The predicted molar refractivity (Wildman–Crippen MR) is 83.9 cm³/mol. The molecule has 0 bridgehead atoms. The molecule has 0 fully saturated rings. The minimum absolute atomic E-state index is 0.776. The number of fused-ring (bicyclic) bond motifs is 1. The van der Waals surface area contributed by atoms with Crippen molar-refractivity contribution in [2.24, 2.45) is 7.05 Å². The highest BCUT2D eigenvalue weighted by Crippen LogP contribution is 2.23. The zero-order valence-electron chi connectivity index (χ0n) is 12.2. The minimum Gasteiger partial charge on any atom is -0.399 e. The maximum Gasteiger partial charge on any atom is 0.163 e. The van der Waals surface area contributed by atoms with Crippen LogP contribution in [-0.4, -0.2) is 26.3 Å². The highest BCUT2D eigenvalue weighted by Gasteiger charge is 2.13. The van der Waals surface area contributed by atoms with Gasteiger partial charge in [-0.1, -0.05) is 12.1 Å². The lowest BCUT2D eigenvalue weighted by atomic mass is 10.2. The zero-order valence-corrected chi connectivity index (χ0v) is 12.2. The van der Waals surface area contributed by atoms with Gasteiger partial charge in [0.2, 0.25) is 0 Å². The van der Waals surface area contributed by atoms with Gasteiger partial charge in [0.1, 0.15) is 12.1 Å². The third-order valence-electron chi connectivity index (χ3n) is 3.54. The summed E-state index contributed by atoms with van der Waals surface area (Å²) in [5.74, 6) is 0.910. The Morgan fingerprint density at radius 2 is 1.95 bits per heavy atom. The maximum absolute atomic E-state index is 5.73. The number of nitrogen functional groups attached to an aromatic ring is 1. The first-order valence-electron chi connectivity index (χ1n) is 6.91. The summed E-state index contributed by atoms with van der Waals surface area (Å²) >= 11 is 0. The van der Waals surface area contributed by atoms with Gasteiger partial charge in [0, 0.05) is 25.8 Å². The molecule has 2 heterocycles. The zero-order chi connectivity index (χ0) is 14.8. The molecule has 0 aliphatic rings. The Hall–Kier alpha value is -2.63. The molecule has 1 aromatic carbocycles. The van der Waals surface area contributed by atoms with Gasteiger partial charge in [0.15, 0.2) is 5.65 Å². The number of nitrogens with two attached hydrogens (primary N) is 1. The van der Waals surface area contributed by atoms with E-state index in [4.69, 9.17) is 5.73 Å². The SMILES string of the molecule is CCN(Cc1ccc(N)cc1)c1ncnc2c1cnn2C. The highest BCUT2D eigenvalue weighted by atomic mass is 15.3. The molecule has 6 nitrogen and oxygen atoms in total. The topological polar surface area (TPSA) is 72.9 Å². The first kappa shape index (κ1) is 13.4. The lowest BCUT2D eigenvalue weighted by Crippen LogP contribution is -2.23. The van der Waals surface area contributed by atoms with Crippen LogP contribution < -0.4 is 10.6 Å². The lowest BCUT2D eigenvalue weighted by molar-refractivity contribution is 0.783. The van der Waals surface area contributed by atoms with Crippen molar-refractivity contribution >= 4 is 22.5 Å². The number of aryl methyl sites for hydroxylation is 1. The fraction of sp³-hybridized carbons (Fsp3) is 0.267. The molecule has 0 saturated heterocycles. The largest absolute Gasteiger partial charge is 0.399 e. The first-order chi connectivity index (χ1) is 10.2. The molecule has 0 aliphatic heterocycles. The Kier molecular flexibility index (Phi) is 3.43. The number of aromatic nitrogens is 4. The second kappa shape index (κ2) is 5.40. The highest BCUT2D eigenvalue weighted by molar-refractivity contribution is 5.86. The number of anilines is 2. The van der Waals surface area contributed by atoms with E-state index in [9.17, 15) is 0 Å². The third kappa shape index (κ3) is 2.52. The van der Waals surface area contributed by atoms with Gasteiger partial charge in [-0.2, -0.15) is 5.10 Å². The summed E-state index contributed by atoms with van der Waals surface area (Å²) in [7, 11) is 1.88. The molecule has 0 unspecified atom stereocenters. The summed E-state index contributed by atoms with van der Waals surface area (Å²) < 4.78 is 1.76. The molecule has 0 amide bonds. The smallest absolute Gasteiger partial charge is 0.163 e. The van der Waals surface area contributed by atoms with E-state index < -0.39 is 0 Å². The van der Waals surface area contributed by atoms with Gasteiger partial charge in [-0.3, -0.25) is 4.68 Å². The van der Waals surface area contributed by atoms with Crippen molar-refractivity contribution in [3.8, 4) is 0 Å². The van der Waals surface area contributed by atoms with E-state index in [1.54, 1.807) is 11.0 Å². The van der Waals surface area contributed by atoms with Crippen LogP contribution in [0.1, 0.15) is 12.5 Å². The van der Waals surface area contributed by atoms with Crippen LogP contribution in [0.4, 0.5) is 11.5 Å². The predicted octanol–water partition coefficient (Wildman–Crippen LogP) is 1.97. The molecule has 3 aromatic rings. The van der Waals surface area contributed by atoms with Gasteiger partial charge in [-0.25, -0.2) is 9.97 Å². The fourth-order valence-corrected chi connectivity index (χ4v) is 2.38. The molecular formula is C15H18N6. The van der Waals surface area contributed by atoms with E-state index in [1.165, 1.54) is 5.56 Å². The molecule has 0 radical (unpaired) electrons. The van der Waals surface area contributed by atoms with Crippen LogP contribution in [-0.2, 0) is 13.6 Å². The quantitative estimate of drug-likeness (QED) is 0.741. The average Bonchev–Trinajstić information content (AvgIpc) is 2.89. The van der Waals surface area contributed by atoms with E-state index in [-0.39, 0.29) is 0 Å². The number of rotatable bonds is 4. The number of nitrogens with zero attached hydrogens (tertiary/aromatic N) is 5. The van der Waals surface area contributed by atoms with Gasteiger partial charge in [-0.05, 0) is 24.6 Å². The molecule has 3 rings (SSSR count). The third-order valence-corrected chi connectivity index (χ3v) is 3.54. The molecule has 2 aromatic heterocycles. The van der Waals surface area contributed by atoms with Crippen LogP contribution in [0.3, 0.4) is 0 Å². The van der Waals surface area contributed by atoms with Crippen molar-refractivity contribution in [1.82, 2.24) is 19.7 Å². The minimum atomic E-state index is 0.776. The monoisotopic (exact) mass is 282 g/mol. The summed E-state index contributed by atoms with van der Waals surface area (Å²) in [5.41, 5.74) is 8.55. The van der Waals surface area contributed by atoms with Crippen LogP contribution in [0.25, 0.3) is 11.0 Å². The van der Waals surface area contributed by atoms with Crippen molar-refractivity contribution < 1.29 is 0 Å². The molecule has 0 atom stereocenters.